The van der Waals surface area contributed by atoms with E-state index in [-0.39, 0.29) is 18.3 Å². The van der Waals surface area contributed by atoms with Crippen LogP contribution in [0, 0.1) is 0 Å². The van der Waals surface area contributed by atoms with Crippen molar-refractivity contribution in [1.29, 1.82) is 0 Å². The molecule has 3 atom stereocenters. The lowest BCUT2D eigenvalue weighted by molar-refractivity contribution is 0.152. The van der Waals surface area contributed by atoms with E-state index in [0.29, 0.717) is 0 Å². The van der Waals surface area contributed by atoms with Crippen molar-refractivity contribution in [1.82, 2.24) is 0 Å². The van der Waals surface area contributed by atoms with Crippen molar-refractivity contribution in [3.8, 4) is 0 Å². The molecule has 1 N–H and O–H groups in total. The minimum atomic E-state index is -0.324. The van der Waals surface area contributed by atoms with Crippen molar-refractivity contribution in [3.05, 3.63) is 12.7 Å². The Morgan fingerprint density at radius 1 is 1.89 bits per heavy atom. The van der Waals surface area contributed by atoms with Crippen LogP contribution in [0.4, 0.5) is 0 Å². The number of aliphatic hydroxyl groups excluding tert-OH is 1. The summed E-state index contributed by atoms with van der Waals surface area (Å²) in [6, 6.07) is 0. The third-order valence-electron chi connectivity index (χ3n) is 1.50. The Kier molecular flexibility index (Phi) is 1.88. The summed E-state index contributed by atoms with van der Waals surface area (Å²) in [5, 5.41) is 8.93. The highest BCUT2D eigenvalue weighted by Gasteiger charge is 2.40. The minimum absolute atomic E-state index is 0.0722. The Bertz CT molecular complexity index is 109. The lowest BCUT2D eigenvalue weighted by atomic mass is 10.2. The zero-order valence-electron chi connectivity index (χ0n) is 5.58. The van der Waals surface area contributed by atoms with E-state index in [0.717, 1.165) is 6.42 Å². The van der Waals surface area contributed by atoms with Gasteiger partial charge in [-0.25, -0.2) is 0 Å². The number of aliphatic hydroxyl groups is 1. The smallest absolute Gasteiger partial charge is 0.110 e. The van der Waals surface area contributed by atoms with E-state index in [9.17, 15) is 0 Å². The molecule has 0 aromatic heterocycles. The van der Waals surface area contributed by atoms with Crippen LogP contribution in [0.1, 0.15) is 13.3 Å². The molecule has 0 saturated carbocycles. The summed E-state index contributed by atoms with van der Waals surface area (Å²) in [6.07, 6.45) is 2.66. The summed E-state index contributed by atoms with van der Waals surface area (Å²) in [4.78, 5) is 0. The predicted octanol–water partition coefficient (Wildman–Crippen LogP) is 0.711. The van der Waals surface area contributed by atoms with E-state index in [1.54, 1.807) is 6.92 Å². The summed E-state index contributed by atoms with van der Waals surface area (Å²) < 4.78 is 5.10. The van der Waals surface area contributed by atoms with Crippen LogP contribution in [0.25, 0.3) is 0 Å². The first-order valence-corrected chi connectivity index (χ1v) is 3.20. The number of hydrogen-bond donors (Lipinski definition) is 1. The van der Waals surface area contributed by atoms with Gasteiger partial charge in [-0.15, -0.1) is 6.58 Å². The van der Waals surface area contributed by atoms with Gasteiger partial charge in [-0.1, -0.05) is 6.08 Å². The van der Waals surface area contributed by atoms with Gasteiger partial charge in [-0.05, 0) is 13.3 Å². The molecule has 1 saturated heterocycles. The lowest BCUT2D eigenvalue weighted by Crippen LogP contribution is -2.11. The molecule has 52 valence electrons. The minimum Gasteiger partial charge on any atom is -0.391 e. The van der Waals surface area contributed by atoms with Gasteiger partial charge < -0.3 is 9.84 Å². The summed E-state index contributed by atoms with van der Waals surface area (Å²) in [5.74, 6) is 0. The molecule has 2 nitrogen and oxygen atoms in total. The highest BCUT2D eigenvalue weighted by molar-refractivity contribution is 4.92. The van der Waals surface area contributed by atoms with Crippen molar-refractivity contribution in [3.63, 3.8) is 0 Å². The average molecular weight is 128 g/mol. The Morgan fingerprint density at radius 2 is 2.56 bits per heavy atom. The maximum atomic E-state index is 8.93. The molecule has 1 rings (SSSR count). The van der Waals surface area contributed by atoms with Crippen molar-refractivity contribution in [2.75, 3.05) is 0 Å². The van der Waals surface area contributed by atoms with Gasteiger partial charge in [-0.3, -0.25) is 0 Å². The van der Waals surface area contributed by atoms with E-state index in [4.69, 9.17) is 9.84 Å². The van der Waals surface area contributed by atoms with Crippen LogP contribution in [0.3, 0.4) is 0 Å². The predicted molar refractivity (Wildman–Crippen MR) is 35.2 cm³/mol. The molecular formula is C7H12O2. The first-order chi connectivity index (χ1) is 4.25. The number of epoxide rings is 1. The van der Waals surface area contributed by atoms with Gasteiger partial charge in [0.15, 0.2) is 0 Å². The van der Waals surface area contributed by atoms with Crippen LogP contribution < -0.4 is 0 Å². The van der Waals surface area contributed by atoms with Crippen LogP contribution in [-0.4, -0.2) is 23.4 Å². The summed E-state index contributed by atoms with van der Waals surface area (Å²) >= 11 is 0. The Hall–Kier alpha value is -0.340. The van der Waals surface area contributed by atoms with E-state index >= 15 is 0 Å². The lowest BCUT2D eigenvalue weighted by Gasteiger charge is -1.93. The van der Waals surface area contributed by atoms with Gasteiger partial charge in [0.1, 0.15) is 6.10 Å². The Morgan fingerprint density at radius 3 is 2.89 bits per heavy atom. The zero-order valence-corrected chi connectivity index (χ0v) is 5.58. The van der Waals surface area contributed by atoms with E-state index < -0.39 is 0 Å². The Labute approximate surface area is 55.1 Å². The second-order valence-electron chi connectivity index (χ2n) is 2.40. The number of hydrogen-bond acceptors (Lipinski definition) is 2. The van der Waals surface area contributed by atoms with Gasteiger partial charge in [-0.2, -0.15) is 0 Å². The third-order valence-corrected chi connectivity index (χ3v) is 1.50. The van der Waals surface area contributed by atoms with Crippen molar-refractivity contribution >= 4 is 0 Å². The third kappa shape index (κ3) is 1.53. The topological polar surface area (TPSA) is 32.8 Å². The maximum absolute atomic E-state index is 8.93. The number of rotatable bonds is 3. The molecule has 0 unspecified atom stereocenters. The van der Waals surface area contributed by atoms with Crippen LogP contribution in [0.5, 0.6) is 0 Å². The summed E-state index contributed by atoms with van der Waals surface area (Å²) in [7, 11) is 0. The first kappa shape index (κ1) is 6.78. The fraction of sp³-hybridized carbons (Fsp3) is 0.714. The van der Waals surface area contributed by atoms with Gasteiger partial charge in [0.2, 0.25) is 0 Å². The van der Waals surface area contributed by atoms with Gasteiger partial charge in [0, 0.05) is 0 Å². The quantitative estimate of drug-likeness (QED) is 0.448. The normalized spacial score (nSPS) is 35.8. The fourth-order valence-electron chi connectivity index (χ4n) is 0.935. The van der Waals surface area contributed by atoms with Crippen LogP contribution in [0.15, 0.2) is 12.7 Å². The molecule has 0 spiro atoms. The molecule has 9 heavy (non-hydrogen) atoms. The molecular weight excluding hydrogens is 116 g/mol. The zero-order chi connectivity index (χ0) is 6.85. The van der Waals surface area contributed by atoms with E-state index in [1.807, 2.05) is 6.08 Å². The van der Waals surface area contributed by atoms with Crippen LogP contribution in [0.2, 0.25) is 0 Å². The molecule has 0 amide bonds. The fourth-order valence-corrected chi connectivity index (χ4v) is 0.935. The first-order valence-electron chi connectivity index (χ1n) is 3.20. The maximum Gasteiger partial charge on any atom is 0.110 e. The van der Waals surface area contributed by atoms with Gasteiger partial charge in [0.05, 0.1) is 12.2 Å². The molecule has 0 aliphatic carbocycles. The SMILES string of the molecule is C=CC[C@H]1O[C@@H]1[C@@H](C)O. The highest BCUT2D eigenvalue weighted by atomic mass is 16.6. The molecule has 1 aliphatic heterocycles. The molecule has 0 radical (unpaired) electrons. The molecule has 0 bridgehead atoms. The molecule has 0 aromatic carbocycles. The largest absolute Gasteiger partial charge is 0.391 e. The standard InChI is InChI=1S/C7H12O2/c1-3-4-6-7(9-6)5(2)8/h3,5-8H,1,4H2,2H3/t5-,6-,7-/m1/s1. The Balaban J connectivity index is 2.16. The molecule has 1 fully saturated rings. The van der Waals surface area contributed by atoms with Gasteiger partial charge >= 0.3 is 0 Å². The summed E-state index contributed by atoms with van der Waals surface area (Å²) in [5.41, 5.74) is 0. The monoisotopic (exact) mass is 128 g/mol. The highest BCUT2D eigenvalue weighted by Crippen LogP contribution is 2.28. The van der Waals surface area contributed by atoms with Gasteiger partial charge in [0.25, 0.3) is 0 Å². The van der Waals surface area contributed by atoms with Crippen molar-refractivity contribution in [2.24, 2.45) is 0 Å². The average Bonchev–Trinajstić information content (AvgIpc) is 2.47. The molecule has 1 heterocycles. The van der Waals surface area contributed by atoms with Crippen LogP contribution in [-0.2, 0) is 4.74 Å². The molecule has 2 heteroatoms. The van der Waals surface area contributed by atoms with E-state index in [2.05, 4.69) is 6.58 Å². The van der Waals surface area contributed by atoms with Crippen molar-refractivity contribution < 1.29 is 9.84 Å². The van der Waals surface area contributed by atoms with Crippen molar-refractivity contribution in [2.45, 2.75) is 31.7 Å². The van der Waals surface area contributed by atoms with Crippen LogP contribution >= 0.6 is 0 Å². The number of ether oxygens (including phenoxy) is 1. The van der Waals surface area contributed by atoms with E-state index in [1.165, 1.54) is 0 Å². The second-order valence-corrected chi connectivity index (χ2v) is 2.40. The molecule has 1 aliphatic rings. The second kappa shape index (κ2) is 2.50. The summed E-state index contributed by atoms with van der Waals surface area (Å²) in [6.45, 7) is 5.32. The molecule has 0 aromatic rings.